The highest BCUT2D eigenvalue weighted by Crippen LogP contribution is 2.25. The number of carbonyl (C=O) groups is 1. The van der Waals surface area contributed by atoms with Gasteiger partial charge in [-0.2, -0.15) is 0 Å². The third-order valence-electron chi connectivity index (χ3n) is 3.39. The highest BCUT2D eigenvalue weighted by atomic mass is 16.5. The molecule has 1 aromatic carbocycles. The van der Waals surface area contributed by atoms with Crippen molar-refractivity contribution < 1.29 is 14.3 Å². The number of rotatable bonds is 7. The molecule has 1 fully saturated rings. The fourth-order valence-corrected chi connectivity index (χ4v) is 2.42. The summed E-state index contributed by atoms with van der Waals surface area (Å²) in [4.78, 5) is 11.7. The Balaban J connectivity index is 2.09. The van der Waals surface area contributed by atoms with Gasteiger partial charge < -0.3 is 15.2 Å². The number of amides is 1. The van der Waals surface area contributed by atoms with Crippen LogP contribution in [0.5, 0.6) is 5.75 Å². The number of hydrogen-bond donors (Lipinski definition) is 2. The fourth-order valence-electron chi connectivity index (χ4n) is 2.42. The predicted molar refractivity (Wildman–Crippen MR) is 76.5 cm³/mol. The summed E-state index contributed by atoms with van der Waals surface area (Å²) < 4.78 is 11.1. The van der Waals surface area contributed by atoms with Crippen molar-refractivity contribution in [2.75, 3.05) is 19.8 Å². The largest absolute Gasteiger partial charge is 0.494 e. The second-order valence-electron chi connectivity index (χ2n) is 4.85. The highest BCUT2D eigenvalue weighted by Gasteiger charge is 2.23. The van der Waals surface area contributed by atoms with Gasteiger partial charge in [-0.25, -0.2) is 0 Å². The Hall–Kier alpha value is -1.59. The zero-order chi connectivity index (χ0) is 14.4. The Bertz CT molecular complexity index is 444. The van der Waals surface area contributed by atoms with Crippen molar-refractivity contribution >= 4 is 5.91 Å². The maximum atomic E-state index is 11.7. The smallest absolute Gasteiger partial charge is 0.239 e. The fraction of sp³-hybridized carbons (Fsp3) is 0.533. The molecule has 0 bridgehead atoms. The van der Waals surface area contributed by atoms with Crippen molar-refractivity contribution in [1.29, 1.82) is 0 Å². The van der Waals surface area contributed by atoms with Crippen LogP contribution in [0.15, 0.2) is 24.3 Å². The molecule has 0 aromatic heterocycles. The first kappa shape index (κ1) is 14.8. The number of nitrogens with one attached hydrogen (secondary N) is 1. The number of ether oxygens (including phenoxy) is 2. The van der Waals surface area contributed by atoms with Crippen LogP contribution in [0.1, 0.15) is 31.4 Å². The van der Waals surface area contributed by atoms with E-state index in [-0.39, 0.29) is 6.10 Å². The van der Waals surface area contributed by atoms with Crippen molar-refractivity contribution in [2.24, 2.45) is 5.73 Å². The first-order chi connectivity index (χ1) is 9.72. The average Bonchev–Trinajstić information content (AvgIpc) is 2.94. The van der Waals surface area contributed by atoms with Crippen LogP contribution in [0.25, 0.3) is 0 Å². The Morgan fingerprint density at radius 1 is 1.55 bits per heavy atom. The van der Waals surface area contributed by atoms with Crippen LogP contribution in [0, 0.1) is 0 Å². The lowest BCUT2D eigenvalue weighted by molar-refractivity contribution is -0.120. The van der Waals surface area contributed by atoms with E-state index in [2.05, 4.69) is 5.32 Å². The summed E-state index contributed by atoms with van der Waals surface area (Å²) in [6.07, 6.45) is 2.26. The second kappa shape index (κ2) is 7.26. The third-order valence-corrected chi connectivity index (χ3v) is 3.39. The van der Waals surface area contributed by atoms with Gasteiger partial charge in [0.05, 0.1) is 12.7 Å². The lowest BCUT2D eigenvalue weighted by Crippen LogP contribution is -2.38. The number of hydrogen-bond acceptors (Lipinski definition) is 4. The monoisotopic (exact) mass is 278 g/mol. The molecule has 2 unspecified atom stereocenters. The van der Waals surface area contributed by atoms with E-state index in [1.807, 2.05) is 31.2 Å². The summed E-state index contributed by atoms with van der Waals surface area (Å²) in [6.45, 7) is 3.88. The van der Waals surface area contributed by atoms with Gasteiger partial charge in [-0.3, -0.25) is 10.1 Å². The van der Waals surface area contributed by atoms with E-state index in [4.69, 9.17) is 15.2 Å². The molecule has 5 nitrogen and oxygen atoms in total. The first-order valence-electron chi connectivity index (χ1n) is 7.08. The number of benzene rings is 1. The van der Waals surface area contributed by atoms with E-state index in [1.54, 1.807) is 0 Å². The molecule has 1 aromatic rings. The number of carbonyl (C=O) groups excluding carboxylic acids is 1. The molecular formula is C15H22N2O3. The number of para-hydroxylation sites is 1. The van der Waals surface area contributed by atoms with E-state index < -0.39 is 11.9 Å². The Kier molecular flexibility index (Phi) is 5.38. The summed E-state index contributed by atoms with van der Waals surface area (Å²) in [5, 5.41) is 3.20. The minimum atomic E-state index is -0.554. The van der Waals surface area contributed by atoms with Crippen LogP contribution in [0.2, 0.25) is 0 Å². The van der Waals surface area contributed by atoms with Crippen molar-refractivity contribution in [2.45, 2.75) is 31.9 Å². The van der Waals surface area contributed by atoms with Crippen molar-refractivity contribution in [1.82, 2.24) is 5.32 Å². The molecule has 2 rings (SSSR count). The van der Waals surface area contributed by atoms with Gasteiger partial charge in [-0.05, 0) is 25.8 Å². The molecular weight excluding hydrogens is 256 g/mol. The van der Waals surface area contributed by atoms with Gasteiger partial charge in [0.15, 0.2) is 0 Å². The summed E-state index contributed by atoms with van der Waals surface area (Å²) >= 11 is 0. The number of primary amides is 1. The van der Waals surface area contributed by atoms with Crippen molar-refractivity contribution in [3.05, 3.63) is 29.8 Å². The van der Waals surface area contributed by atoms with Gasteiger partial charge in [0, 0.05) is 18.7 Å². The van der Waals surface area contributed by atoms with Crippen LogP contribution in [0.4, 0.5) is 0 Å². The van der Waals surface area contributed by atoms with Gasteiger partial charge in [0.25, 0.3) is 0 Å². The van der Waals surface area contributed by atoms with Crippen molar-refractivity contribution in [3.8, 4) is 5.75 Å². The topological polar surface area (TPSA) is 73.6 Å². The molecule has 1 aliphatic rings. The maximum Gasteiger partial charge on any atom is 0.239 e. The Morgan fingerprint density at radius 3 is 3.00 bits per heavy atom. The third kappa shape index (κ3) is 3.71. The molecule has 0 radical (unpaired) electrons. The highest BCUT2D eigenvalue weighted by molar-refractivity contribution is 5.82. The molecule has 0 aliphatic carbocycles. The molecule has 3 N–H and O–H groups in total. The lowest BCUT2D eigenvalue weighted by atomic mass is 10.0. The molecule has 1 heterocycles. The zero-order valence-electron chi connectivity index (χ0n) is 11.8. The molecule has 0 saturated carbocycles. The molecule has 1 aliphatic heterocycles. The predicted octanol–water partition coefficient (Wildman–Crippen LogP) is 1.38. The van der Waals surface area contributed by atoms with E-state index in [9.17, 15) is 4.79 Å². The zero-order valence-corrected chi connectivity index (χ0v) is 11.8. The molecule has 110 valence electrons. The SMILES string of the molecule is CCOc1ccccc1C(NCC1CCCO1)C(N)=O. The van der Waals surface area contributed by atoms with Crippen LogP contribution in [-0.2, 0) is 9.53 Å². The molecule has 0 spiro atoms. The quantitative estimate of drug-likeness (QED) is 0.790. The minimum Gasteiger partial charge on any atom is -0.494 e. The van der Waals surface area contributed by atoms with E-state index in [0.717, 1.165) is 25.0 Å². The lowest BCUT2D eigenvalue weighted by Gasteiger charge is -2.20. The maximum absolute atomic E-state index is 11.7. The van der Waals surface area contributed by atoms with E-state index in [0.29, 0.717) is 18.9 Å². The summed E-state index contributed by atoms with van der Waals surface area (Å²) in [5.41, 5.74) is 6.30. The molecule has 1 amide bonds. The van der Waals surface area contributed by atoms with E-state index >= 15 is 0 Å². The average molecular weight is 278 g/mol. The molecule has 5 heteroatoms. The standard InChI is InChI=1S/C15H22N2O3/c1-2-19-13-8-4-3-7-12(13)14(15(16)18)17-10-11-6-5-9-20-11/h3-4,7-8,11,14,17H,2,5-6,9-10H2,1H3,(H2,16,18). The van der Waals surface area contributed by atoms with Crippen LogP contribution >= 0.6 is 0 Å². The summed E-state index contributed by atoms with van der Waals surface area (Å²) in [5.74, 6) is 0.286. The Morgan fingerprint density at radius 2 is 2.35 bits per heavy atom. The normalized spacial score (nSPS) is 19.8. The van der Waals surface area contributed by atoms with Gasteiger partial charge in [0.1, 0.15) is 11.8 Å². The van der Waals surface area contributed by atoms with E-state index in [1.165, 1.54) is 0 Å². The van der Waals surface area contributed by atoms with Gasteiger partial charge >= 0.3 is 0 Å². The van der Waals surface area contributed by atoms with Crippen LogP contribution in [0.3, 0.4) is 0 Å². The van der Waals surface area contributed by atoms with Crippen molar-refractivity contribution in [3.63, 3.8) is 0 Å². The van der Waals surface area contributed by atoms with Gasteiger partial charge in [-0.1, -0.05) is 18.2 Å². The second-order valence-corrected chi connectivity index (χ2v) is 4.85. The van der Waals surface area contributed by atoms with Gasteiger partial charge in [0.2, 0.25) is 5.91 Å². The molecule has 20 heavy (non-hydrogen) atoms. The minimum absolute atomic E-state index is 0.163. The number of nitrogens with two attached hydrogens (primary N) is 1. The Labute approximate surface area is 119 Å². The van der Waals surface area contributed by atoms with Crippen LogP contribution < -0.4 is 15.8 Å². The summed E-state index contributed by atoms with van der Waals surface area (Å²) in [6, 6.07) is 6.92. The molecule has 2 atom stereocenters. The first-order valence-corrected chi connectivity index (χ1v) is 7.08. The van der Waals surface area contributed by atoms with Crippen LogP contribution in [-0.4, -0.2) is 31.8 Å². The van der Waals surface area contributed by atoms with Gasteiger partial charge in [-0.15, -0.1) is 0 Å². The summed E-state index contributed by atoms with van der Waals surface area (Å²) in [7, 11) is 0. The molecule has 1 saturated heterocycles.